The Morgan fingerprint density at radius 1 is 0.702 bits per heavy atom. The number of rotatable bonds is 36. The van der Waals surface area contributed by atoms with Crippen molar-refractivity contribution in [3.05, 3.63) is 24.3 Å². The predicted octanol–water partition coefficient (Wildman–Crippen LogP) is 10.2. The van der Waals surface area contributed by atoms with Crippen LogP contribution in [0.15, 0.2) is 24.3 Å². The van der Waals surface area contributed by atoms with Gasteiger partial charge in [-0.15, -0.1) is 0 Å². The van der Waals surface area contributed by atoms with Crippen LogP contribution in [0.4, 0.5) is 0 Å². The molecule has 0 saturated heterocycles. The fourth-order valence-electron chi connectivity index (χ4n) is 5.60. The van der Waals surface area contributed by atoms with Gasteiger partial charge in [0.05, 0.1) is 25.4 Å². The van der Waals surface area contributed by atoms with E-state index < -0.39 is 20.0 Å². The molecular weight excluding hydrogens is 611 g/mol. The average Bonchev–Trinajstić information content (AvgIpc) is 3.05. The summed E-state index contributed by atoms with van der Waals surface area (Å²) in [5.41, 5.74) is 5.34. The Morgan fingerprint density at radius 2 is 1.15 bits per heavy atom. The number of nitrogens with two attached hydrogens (primary N) is 1. The minimum atomic E-state index is -4.34. The number of hydrogen-bond acceptors (Lipinski definition) is 6. The topological polar surface area (TPSA) is 131 Å². The van der Waals surface area contributed by atoms with Crippen LogP contribution in [0.5, 0.6) is 0 Å². The van der Waals surface area contributed by atoms with Gasteiger partial charge >= 0.3 is 7.82 Å². The van der Waals surface area contributed by atoms with Crippen molar-refractivity contribution < 1.29 is 28.4 Å². The molecule has 8 nitrogen and oxygen atoms in total. The second-order valence-corrected chi connectivity index (χ2v) is 14.6. The normalized spacial score (nSPS) is 14.6. The van der Waals surface area contributed by atoms with E-state index in [2.05, 4.69) is 25.2 Å². The molecule has 47 heavy (non-hydrogen) atoms. The highest BCUT2D eigenvalue weighted by molar-refractivity contribution is 7.47. The van der Waals surface area contributed by atoms with Gasteiger partial charge in [-0.2, -0.15) is 0 Å². The maximum absolute atomic E-state index is 12.7. The zero-order valence-electron chi connectivity index (χ0n) is 30.5. The molecule has 0 spiro atoms. The van der Waals surface area contributed by atoms with Gasteiger partial charge in [0, 0.05) is 13.0 Å². The zero-order valence-corrected chi connectivity index (χ0v) is 31.4. The van der Waals surface area contributed by atoms with Gasteiger partial charge in [0.25, 0.3) is 0 Å². The molecule has 0 aliphatic rings. The molecule has 9 heteroatoms. The molecule has 0 aromatic carbocycles. The van der Waals surface area contributed by atoms with Gasteiger partial charge in [0.2, 0.25) is 5.91 Å². The van der Waals surface area contributed by atoms with Gasteiger partial charge in [-0.05, 0) is 19.3 Å². The number of nitrogens with one attached hydrogen (secondary N) is 1. The number of allylic oxidation sites excluding steroid dienone is 3. The molecule has 0 bridgehead atoms. The van der Waals surface area contributed by atoms with Crippen LogP contribution < -0.4 is 11.1 Å². The van der Waals surface area contributed by atoms with Crippen LogP contribution in [-0.2, 0) is 18.4 Å². The van der Waals surface area contributed by atoms with Crippen molar-refractivity contribution in [2.24, 2.45) is 5.73 Å². The second-order valence-electron chi connectivity index (χ2n) is 13.2. The molecule has 278 valence electrons. The third kappa shape index (κ3) is 33.3. The molecule has 0 heterocycles. The molecule has 0 aromatic heterocycles. The minimum absolute atomic E-state index is 0.0732. The van der Waals surface area contributed by atoms with Crippen LogP contribution in [0.3, 0.4) is 0 Å². The van der Waals surface area contributed by atoms with Crippen molar-refractivity contribution in [3.63, 3.8) is 0 Å². The largest absolute Gasteiger partial charge is 0.472 e. The standard InChI is InChI=1S/C38H75N2O6P/c1-3-5-7-9-11-13-14-15-16-17-18-19-20-21-22-24-26-28-30-32-38(42)40-36(35-46-47(43,44)45-34-33-39)37(41)31-29-27-25-23-12-10-8-6-4-2/h25,27,29,31,36-37,41H,3-24,26,28,30,32-35,39H2,1-2H3,(H,40,42)(H,43,44)/b27-25+,31-29+/t36-,37+/m0/s1. The number of phosphoric acid groups is 1. The van der Waals surface area contributed by atoms with E-state index in [0.29, 0.717) is 6.42 Å². The molecular formula is C38H75N2O6P. The number of aliphatic hydroxyl groups is 1. The minimum Gasteiger partial charge on any atom is -0.387 e. The van der Waals surface area contributed by atoms with Crippen LogP contribution in [0.1, 0.15) is 181 Å². The first-order chi connectivity index (χ1) is 22.9. The van der Waals surface area contributed by atoms with E-state index in [0.717, 1.165) is 32.1 Å². The Hall–Kier alpha value is -1.02. The molecule has 0 saturated carbocycles. The summed E-state index contributed by atoms with van der Waals surface area (Å²) in [5, 5.41) is 13.5. The van der Waals surface area contributed by atoms with Crippen molar-refractivity contribution in [2.45, 2.75) is 193 Å². The van der Waals surface area contributed by atoms with Gasteiger partial charge < -0.3 is 21.1 Å². The van der Waals surface area contributed by atoms with E-state index in [1.165, 1.54) is 128 Å². The fraction of sp³-hybridized carbons (Fsp3) is 0.868. The number of phosphoric ester groups is 1. The highest BCUT2D eigenvalue weighted by Crippen LogP contribution is 2.43. The van der Waals surface area contributed by atoms with Crippen LogP contribution >= 0.6 is 7.82 Å². The first kappa shape index (κ1) is 46.0. The van der Waals surface area contributed by atoms with Crippen LogP contribution in [0, 0.1) is 0 Å². The predicted molar refractivity (Wildman–Crippen MR) is 198 cm³/mol. The van der Waals surface area contributed by atoms with Crippen LogP contribution in [-0.4, -0.2) is 47.8 Å². The van der Waals surface area contributed by atoms with Crippen molar-refractivity contribution >= 4 is 13.7 Å². The van der Waals surface area contributed by atoms with Crippen LogP contribution in [0.25, 0.3) is 0 Å². The lowest BCUT2D eigenvalue weighted by Gasteiger charge is -2.23. The zero-order chi connectivity index (χ0) is 34.7. The summed E-state index contributed by atoms with van der Waals surface area (Å²) in [4.78, 5) is 22.5. The third-order valence-electron chi connectivity index (χ3n) is 8.59. The van der Waals surface area contributed by atoms with Gasteiger partial charge in [0.1, 0.15) is 0 Å². The Labute approximate surface area is 289 Å². The maximum atomic E-state index is 12.7. The Kier molecular flexibility index (Phi) is 34.1. The summed E-state index contributed by atoms with van der Waals surface area (Å²) in [6, 6.07) is -0.886. The molecule has 0 rings (SSSR count). The summed E-state index contributed by atoms with van der Waals surface area (Å²) in [6.45, 7) is 4.05. The number of carbonyl (C=O) groups is 1. The molecule has 1 unspecified atom stereocenters. The van der Waals surface area contributed by atoms with Gasteiger partial charge in [0.15, 0.2) is 0 Å². The molecule has 0 radical (unpaired) electrons. The van der Waals surface area contributed by atoms with E-state index in [9.17, 15) is 19.4 Å². The lowest BCUT2D eigenvalue weighted by molar-refractivity contribution is -0.123. The lowest BCUT2D eigenvalue weighted by atomic mass is 10.0. The fourth-order valence-corrected chi connectivity index (χ4v) is 6.36. The number of aliphatic hydroxyl groups excluding tert-OH is 1. The van der Waals surface area contributed by atoms with E-state index in [-0.39, 0.29) is 25.7 Å². The van der Waals surface area contributed by atoms with Gasteiger partial charge in [-0.25, -0.2) is 4.57 Å². The quantitative estimate of drug-likeness (QED) is 0.0293. The Morgan fingerprint density at radius 3 is 1.62 bits per heavy atom. The average molecular weight is 687 g/mol. The molecule has 0 aromatic rings. The third-order valence-corrected chi connectivity index (χ3v) is 9.57. The molecule has 5 N–H and O–H groups in total. The molecule has 0 aliphatic carbocycles. The van der Waals surface area contributed by atoms with Crippen molar-refractivity contribution in [1.29, 1.82) is 0 Å². The summed E-state index contributed by atoms with van der Waals surface area (Å²) in [7, 11) is -4.34. The van der Waals surface area contributed by atoms with E-state index >= 15 is 0 Å². The summed E-state index contributed by atoms with van der Waals surface area (Å²) in [5.74, 6) is -0.212. The van der Waals surface area contributed by atoms with Crippen molar-refractivity contribution in [2.75, 3.05) is 19.8 Å². The van der Waals surface area contributed by atoms with E-state index in [1.54, 1.807) is 12.2 Å². The first-order valence-electron chi connectivity index (χ1n) is 19.5. The van der Waals surface area contributed by atoms with E-state index in [4.69, 9.17) is 14.8 Å². The molecule has 0 fully saturated rings. The van der Waals surface area contributed by atoms with Crippen molar-refractivity contribution in [1.82, 2.24) is 5.32 Å². The number of hydrogen-bond donors (Lipinski definition) is 4. The highest BCUT2D eigenvalue weighted by Gasteiger charge is 2.26. The van der Waals surface area contributed by atoms with Gasteiger partial charge in [-0.3, -0.25) is 13.8 Å². The number of carbonyl (C=O) groups excluding carboxylic acids is 1. The lowest BCUT2D eigenvalue weighted by Crippen LogP contribution is -2.45. The Balaban J connectivity index is 4.16. The number of amides is 1. The summed E-state index contributed by atoms with van der Waals surface area (Å²) in [6.07, 6.45) is 38.2. The SMILES string of the molecule is CCCCCCC/C=C/C=C/[C@@H](O)[C@H](COP(=O)(O)OCCN)NC(=O)CCCCCCCCCCCCCCCCCCCCC. The Bertz CT molecular complexity index is 794. The highest BCUT2D eigenvalue weighted by atomic mass is 31.2. The molecule has 1 amide bonds. The van der Waals surface area contributed by atoms with Gasteiger partial charge in [-0.1, -0.05) is 179 Å². The second kappa shape index (κ2) is 34.8. The van der Waals surface area contributed by atoms with Crippen LogP contribution in [0.2, 0.25) is 0 Å². The number of unbranched alkanes of at least 4 members (excludes halogenated alkanes) is 23. The first-order valence-corrected chi connectivity index (χ1v) is 21.0. The maximum Gasteiger partial charge on any atom is 0.472 e. The monoisotopic (exact) mass is 687 g/mol. The van der Waals surface area contributed by atoms with Crippen molar-refractivity contribution in [3.8, 4) is 0 Å². The molecule has 3 atom stereocenters. The van der Waals surface area contributed by atoms with E-state index in [1.807, 2.05) is 6.08 Å². The molecule has 0 aliphatic heterocycles. The summed E-state index contributed by atoms with van der Waals surface area (Å²) >= 11 is 0. The summed E-state index contributed by atoms with van der Waals surface area (Å²) < 4.78 is 22.0. The smallest absolute Gasteiger partial charge is 0.387 e.